The Bertz CT molecular complexity index is 272. The van der Waals surface area contributed by atoms with E-state index in [0.717, 1.165) is 25.8 Å². The van der Waals surface area contributed by atoms with Gasteiger partial charge in [-0.25, -0.2) is 0 Å². The zero-order chi connectivity index (χ0) is 11.4. The molecule has 2 unspecified atom stereocenters. The molecule has 2 rings (SSSR count). The molecule has 0 aromatic rings. The Morgan fingerprint density at radius 3 is 2.94 bits per heavy atom. The smallest absolute Gasteiger partial charge is 0.223 e. The summed E-state index contributed by atoms with van der Waals surface area (Å²) in [4.78, 5) is 14.4. The van der Waals surface area contributed by atoms with Gasteiger partial charge in [-0.2, -0.15) is 0 Å². The van der Waals surface area contributed by atoms with Gasteiger partial charge in [-0.15, -0.1) is 0 Å². The molecule has 2 aliphatic rings. The topological polar surface area (TPSA) is 20.3 Å². The summed E-state index contributed by atoms with van der Waals surface area (Å²) in [5.74, 6) is 0.912. The first kappa shape index (κ1) is 11.7. The molecule has 1 aliphatic carbocycles. The van der Waals surface area contributed by atoms with Gasteiger partial charge in [-0.05, 0) is 44.4 Å². The number of rotatable bonds is 3. The second-order valence-corrected chi connectivity index (χ2v) is 5.11. The van der Waals surface area contributed by atoms with Crippen LogP contribution in [0.2, 0.25) is 0 Å². The Hall–Kier alpha value is -0.790. The average molecular weight is 221 g/mol. The summed E-state index contributed by atoms with van der Waals surface area (Å²) >= 11 is 0. The van der Waals surface area contributed by atoms with Gasteiger partial charge in [-0.3, -0.25) is 4.79 Å². The van der Waals surface area contributed by atoms with Crippen LogP contribution >= 0.6 is 0 Å². The lowest BCUT2D eigenvalue weighted by Gasteiger charge is -2.35. The van der Waals surface area contributed by atoms with Gasteiger partial charge in [0.25, 0.3) is 0 Å². The molecule has 90 valence electrons. The Morgan fingerprint density at radius 2 is 2.25 bits per heavy atom. The van der Waals surface area contributed by atoms with Crippen LogP contribution in [0.25, 0.3) is 0 Å². The Labute approximate surface area is 98.7 Å². The summed E-state index contributed by atoms with van der Waals surface area (Å²) in [5.41, 5.74) is 0. The number of hydrogen-bond acceptors (Lipinski definition) is 1. The van der Waals surface area contributed by atoms with Crippen LogP contribution in [0.1, 0.15) is 51.9 Å². The highest BCUT2D eigenvalue weighted by Crippen LogP contribution is 2.25. The Kier molecular flexibility index (Phi) is 4.03. The summed E-state index contributed by atoms with van der Waals surface area (Å²) in [6.45, 7) is 3.19. The van der Waals surface area contributed by atoms with E-state index in [0.29, 0.717) is 17.9 Å². The van der Waals surface area contributed by atoms with Crippen LogP contribution in [0.5, 0.6) is 0 Å². The van der Waals surface area contributed by atoms with Gasteiger partial charge >= 0.3 is 0 Å². The zero-order valence-electron chi connectivity index (χ0n) is 10.3. The van der Waals surface area contributed by atoms with Gasteiger partial charge in [0.15, 0.2) is 0 Å². The van der Waals surface area contributed by atoms with Crippen LogP contribution in [-0.4, -0.2) is 23.4 Å². The van der Waals surface area contributed by atoms with Crippen molar-refractivity contribution in [1.29, 1.82) is 0 Å². The fourth-order valence-corrected chi connectivity index (χ4v) is 2.96. The van der Waals surface area contributed by atoms with E-state index in [1.165, 1.54) is 25.7 Å². The summed E-state index contributed by atoms with van der Waals surface area (Å²) in [5, 5.41) is 0. The summed E-state index contributed by atoms with van der Waals surface area (Å²) in [7, 11) is 0. The molecule has 2 nitrogen and oxygen atoms in total. The van der Waals surface area contributed by atoms with Gasteiger partial charge in [0.1, 0.15) is 0 Å². The number of carbonyl (C=O) groups excluding carboxylic acids is 1. The van der Waals surface area contributed by atoms with Crippen molar-refractivity contribution in [2.24, 2.45) is 5.92 Å². The molecule has 0 aromatic carbocycles. The second-order valence-electron chi connectivity index (χ2n) is 5.11. The monoisotopic (exact) mass is 221 g/mol. The van der Waals surface area contributed by atoms with E-state index in [1.54, 1.807) is 0 Å². The predicted molar refractivity (Wildman–Crippen MR) is 66.1 cm³/mol. The number of amides is 1. The molecule has 0 spiro atoms. The highest BCUT2D eigenvalue weighted by Gasteiger charge is 2.26. The van der Waals surface area contributed by atoms with Gasteiger partial charge in [-0.1, -0.05) is 19.1 Å². The SMILES string of the molecule is CCC1CCCCN1C(=O)CC1C=CCC1. The van der Waals surface area contributed by atoms with Crippen molar-refractivity contribution in [3.8, 4) is 0 Å². The fourth-order valence-electron chi connectivity index (χ4n) is 2.96. The van der Waals surface area contributed by atoms with E-state index in [1.807, 2.05) is 0 Å². The minimum absolute atomic E-state index is 0.392. The normalized spacial score (nSPS) is 29.7. The molecular formula is C14H23NO. The molecule has 0 aromatic heterocycles. The minimum atomic E-state index is 0.392. The molecule has 1 saturated heterocycles. The Balaban J connectivity index is 1.88. The molecular weight excluding hydrogens is 198 g/mol. The van der Waals surface area contributed by atoms with Crippen molar-refractivity contribution in [3.63, 3.8) is 0 Å². The van der Waals surface area contributed by atoms with Crippen molar-refractivity contribution in [2.75, 3.05) is 6.54 Å². The number of carbonyl (C=O) groups is 1. The highest BCUT2D eigenvalue weighted by molar-refractivity contribution is 5.77. The molecule has 1 amide bonds. The van der Waals surface area contributed by atoms with Crippen molar-refractivity contribution in [3.05, 3.63) is 12.2 Å². The van der Waals surface area contributed by atoms with Gasteiger partial charge < -0.3 is 4.90 Å². The third kappa shape index (κ3) is 2.66. The van der Waals surface area contributed by atoms with Crippen molar-refractivity contribution < 1.29 is 4.79 Å². The lowest BCUT2D eigenvalue weighted by atomic mass is 9.97. The standard InChI is InChI=1S/C14H23NO/c1-2-13-9-5-6-10-15(13)14(16)11-12-7-3-4-8-12/h3,7,12-13H,2,4-6,8-11H2,1H3. The summed E-state index contributed by atoms with van der Waals surface area (Å²) in [6, 6.07) is 0.520. The minimum Gasteiger partial charge on any atom is -0.340 e. The first-order chi connectivity index (χ1) is 7.81. The number of hydrogen-bond donors (Lipinski definition) is 0. The van der Waals surface area contributed by atoms with Crippen LogP contribution in [0.3, 0.4) is 0 Å². The van der Waals surface area contributed by atoms with Crippen LogP contribution in [0.15, 0.2) is 12.2 Å². The molecule has 0 N–H and O–H groups in total. The fraction of sp³-hybridized carbons (Fsp3) is 0.786. The molecule has 0 radical (unpaired) electrons. The summed E-state index contributed by atoms with van der Waals surface area (Å²) in [6.07, 6.45) is 12.3. The van der Waals surface area contributed by atoms with Crippen molar-refractivity contribution in [1.82, 2.24) is 4.90 Å². The van der Waals surface area contributed by atoms with Crippen molar-refractivity contribution >= 4 is 5.91 Å². The van der Waals surface area contributed by atoms with E-state index in [4.69, 9.17) is 0 Å². The van der Waals surface area contributed by atoms with Crippen LogP contribution in [-0.2, 0) is 4.79 Å². The summed E-state index contributed by atoms with van der Waals surface area (Å²) < 4.78 is 0. The molecule has 2 atom stereocenters. The van der Waals surface area contributed by atoms with Crippen LogP contribution in [0, 0.1) is 5.92 Å². The third-order valence-electron chi connectivity index (χ3n) is 3.97. The molecule has 1 aliphatic heterocycles. The zero-order valence-corrected chi connectivity index (χ0v) is 10.3. The van der Waals surface area contributed by atoms with E-state index >= 15 is 0 Å². The largest absolute Gasteiger partial charge is 0.340 e. The van der Waals surface area contributed by atoms with E-state index < -0.39 is 0 Å². The van der Waals surface area contributed by atoms with Crippen molar-refractivity contribution in [2.45, 2.75) is 57.9 Å². The molecule has 2 heteroatoms. The van der Waals surface area contributed by atoms with Gasteiger partial charge in [0, 0.05) is 19.0 Å². The number of nitrogens with zero attached hydrogens (tertiary/aromatic N) is 1. The van der Waals surface area contributed by atoms with E-state index in [2.05, 4.69) is 24.0 Å². The van der Waals surface area contributed by atoms with Gasteiger partial charge in [0.05, 0.1) is 0 Å². The quantitative estimate of drug-likeness (QED) is 0.670. The van der Waals surface area contributed by atoms with Crippen LogP contribution in [0.4, 0.5) is 0 Å². The number of allylic oxidation sites excluding steroid dienone is 2. The maximum Gasteiger partial charge on any atom is 0.223 e. The van der Waals surface area contributed by atoms with E-state index in [-0.39, 0.29) is 0 Å². The Morgan fingerprint density at radius 1 is 1.38 bits per heavy atom. The predicted octanol–water partition coefficient (Wildman–Crippen LogP) is 3.13. The molecule has 1 heterocycles. The highest BCUT2D eigenvalue weighted by atomic mass is 16.2. The van der Waals surface area contributed by atoms with Gasteiger partial charge in [0.2, 0.25) is 5.91 Å². The maximum absolute atomic E-state index is 12.2. The molecule has 16 heavy (non-hydrogen) atoms. The second kappa shape index (κ2) is 5.51. The first-order valence-electron chi connectivity index (χ1n) is 6.77. The third-order valence-corrected chi connectivity index (χ3v) is 3.97. The van der Waals surface area contributed by atoms with E-state index in [9.17, 15) is 4.79 Å². The number of piperidine rings is 1. The lowest BCUT2D eigenvalue weighted by Crippen LogP contribution is -2.43. The maximum atomic E-state index is 12.2. The average Bonchev–Trinajstić information content (AvgIpc) is 2.81. The first-order valence-corrected chi connectivity index (χ1v) is 6.77. The molecule has 0 saturated carbocycles. The number of likely N-dealkylation sites (tertiary alicyclic amines) is 1. The van der Waals surface area contributed by atoms with Crippen LogP contribution < -0.4 is 0 Å². The molecule has 1 fully saturated rings. The molecule has 0 bridgehead atoms. The lowest BCUT2D eigenvalue weighted by molar-refractivity contribution is -0.135.